The number of carbonyl (C=O) groups excluding carboxylic acids is 1. The highest BCUT2D eigenvalue weighted by molar-refractivity contribution is 5.85. The molecular formula is C15H23ClN2O2. The number of amides is 1. The summed E-state index contributed by atoms with van der Waals surface area (Å²) in [5.41, 5.74) is 0.705. The summed E-state index contributed by atoms with van der Waals surface area (Å²) in [5, 5.41) is 3.15. The molecule has 2 rings (SSSR count). The zero-order chi connectivity index (χ0) is 13.9. The van der Waals surface area contributed by atoms with E-state index in [1.807, 2.05) is 56.0 Å². The van der Waals surface area contributed by atoms with Gasteiger partial charge in [-0.25, -0.2) is 0 Å². The molecule has 0 radical (unpaired) electrons. The molecule has 1 heterocycles. The third-order valence-electron chi connectivity index (χ3n) is 3.14. The summed E-state index contributed by atoms with van der Waals surface area (Å²) in [7, 11) is 0. The quantitative estimate of drug-likeness (QED) is 0.932. The second-order valence-corrected chi connectivity index (χ2v) is 5.68. The number of halogens is 1. The van der Waals surface area contributed by atoms with E-state index in [0.29, 0.717) is 19.6 Å². The van der Waals surface area contributed by atoms with Crippen LogP contribution in [0, 0.1) is 0 Å². The van der Waals surface area contributed by atoms with Crippen molar-refractivity contribution in [2.75, 3.05) is 25.0 Å². The topological polar surface area (TPSA) is 41.6 Å². The van der Waals surface area contributed by atoms with Gasteiger partial charge in [0.15, 0.2) is 0 Å². The summed E-state index contributed by atoms with van der Waals surface area (Å²) in [6, 6.07) is 9.77. The highest BCUT2D eigenvalue weighted by Gasteiger charge is 2.33. The van der Waals surface area contributed by atoms with Crippen LogP contribution in [0.2, 0.25) is 0 Å². The number of nitrogens with one attached hydrogen (secondary N) is 1. The van der Waals surface area contributed by atoms with E-state index in [0.717, 1.165) is 5.69 Å². The third-order valence-corrected chi connectivity index (χ3v) is 3.14. The average Bonchev–Trinajstić information content (AvgIpc) is 2.34. The van der Waals surface area contributed by atoms with Gasteiger partial charge in [-0.1, -0.05) is 18.2 Å². The SMILES string of the molecule is CC1CN(C(=O)CNc2ccccc2)CC(C)(C)O1.Cl. The lowest BCUT2D eigenvalue weighted by Crippen LogP contribution is -2.54. The van der Waals surface area contributed by atoms with Crippen molar-refractivity contribution in [2.45, 2.75) is 32.5 Å². The number of carbonyl (C=O) groups is 1. The van der Waals surface area contributed by atoms with Crippen molar-refractivity contribution >= 4 is 24.0 Å². The molecule has 1 amide bonds. The lowest BCUT2D eigenvalue weighted by atomic mass is 10.1. The van der Waals surface area contributed by atoms with E-state index in [4.69, 9.17) is 4.74 Å². The molecule has 1 N–H and O–H groups in total. The van der Waals surface area contributed by atoms with Crippen LogP contribution in [0.15, 0.2) is 30.3 Å². The molecule has 1 fully saturated rings. The summed E-state index contributed by atoms with van der Waals surface area (Å²) in [6.07, 6.45) is 0.0874. The van der Waals surface area contributed by atoms with E-state index >= 15 is 0 Å². The van der Waals surface area contributed by atoms with Crippen molar-refractivity contribution in [1.29, 1.82) is 0 Å². The van der Waals surface area contributed by atoms with Crippen LogP contribution in [0.5, 0.6) is 0 Å². The predicted molar refractivity (Wildman–Crippen MR) is 83.4 cm³/mol. The standard InChI is InChI=1S/C15H22N2O2.ClH/c1-12-10-17(11-15(2,3)19-12)14(18)9-16-13-7-5-4-6-8-13;/h4-8,12,16H,9-11H2,1-3H3;1H. The molecule has 1 aliphatic heterocycles. The molecule has 0 saturated carbocycles. The first-order valence-electron chi connectivity index (χ1n) is 6.71. The van der Waals surface area contributed by atoms with Crippen molar-refractivity contribution in [3.8, 4) is 0 Å². The number of anilines is 1. The number of benzene rings is 1. The van der Waals surface area contributed by atoms with Gasteiger partial charge in [-0.3, -0.25) is 4.79 Å². The minimum atomic E-state index is -0.264. The second kappa shape index (κ2) is 6.95. The predicted octanol–water partition coefficient (Wildman–Crippen LogP) is 2.55. The van der Waals surface area contributed by atoms with E-state index in [2.05, 4.69) is 5.32 Å². The highest BCUT2D eigenvalue weighted by Crippen LogP contribution is 2.20. The zero-order valence-electron chi connectivity index (χ0n) is 12.3. The van der Waals surface area contributed by atoms with E-state index < -0.39 is 0 Å². The van der Waals surface area contributed by atoms with Gasteiger partial charge in [0, 0.05) is 18.8 Å². The average molecular weight is 299 g/mol. The lowest BCUT2D eigenvalue weighted by Gasteiger charge is -2.41. The number of ether oxygens (including phenoxy) is 1. The van der Waals surface area contributed by atoms with Gasteiger partial charge >= 0.3 is 0 Å². The number of hydrogen-bond acceptors (Lipinski definition) is 3. The molecule has 1 aromatic rings. The Hall–Kier alpha value is -1.26. The smallest absolute Gasteiger partial charge is 0.242 e. The van der Waals surface area contributed by atoms with Crippen LogP contribution in [0.3, 0.4) is 0 Å². The molecule has 0 aliphatic carbocycles. The maximum absolute atomic E-state index is 12.2. The van der Waals surface area contributed by atoms with E-state index in [1.165, 1.54) is 0 Å². The van der Waals surface area contributed by atoms with Crippen LogP contribution in [0.4, 0.5) is 5.69 Å². The van der Waals surface area contributed by atoms with E-state index in [9.17, 15) is 4.79 Å². The first kappa shape index (κ1) is 16.8. The molecule has 112 valence electrons. The maximum atomic E-state index is 12.2. The van der Waals surface area contributed by atoms with Crippen molar-refractivity contribution in [1.82, 2.24) is 4.90 Å². The van der Waals surface area contributed by atoms with Gasteiger partial charge in [-0.2, -0.15) is 0 Å². The Morgan fingerprint density at radius 1 is 1.40 bits per heavy atom. The van der Waals surface area contributed by atoms with Crippen molar-refractivity contribution in [3.05, 3.63) is 30.3 Å². The number of nitrogens with zero attached hydrogens (tertiary/aromatic N) is 1. The molecule has 1 aromatic carbocycles. The molecule has 1 aliphatic rings. The van der Waals surface area contributed by atoms with Gasteiger partial charge in [0.05, 0.1) is 18.2 Å². The van der Waals surface area contributed by atoms with Gasteiger partial charge in [0.25, 0.3) is 0 Å². The third kappa shape index (κ3) is 4.69. The Morgan fingerprint density at radius 2 is 2.05 bits per heavy atom. The molecule has 20 heavy (non-hydrogen) atoms. The zero-order valence-corrected chi connectivity index (χ0v) is 13.1. The van der Waals surface area contributed by atoms with Crippen LogP contribution in [0.25, 0.3) is 0 Å². The van der Waals surface area contributed by atoms with Gasteiger partial charge in [-0.05, 0) is 32.9 Å². The van der Waals surface area contributed by atoms with Crippen molar-refractivity contribution in [3.63, 3.8) is 0 Å². The Kier molecular flexibility index (Phi) is 5.84. The minimum absolute atomic E-state index is 0. The number of morpholine rings is 1. The first-order valence-corrected chi connectivity index (χ1v) is 6.71. The number of para-hydroxylation sites is 1. The maximum Gasteiger partial charge on any atom is 0.242 e. The molecule has 4 nitrogen and oxygen atoms in total. The largest absolute Gasteiger partial charge is 0.376 e. The number of rotatable bonds is 3. The Bertz CT molecular complexity index is 437. The Morgan fingerprint density at radius 3 is 2.65 bits per heavy atom. The fourth-order valence-electron chi connectivity index (χ4n) is 2.49. The summed E-state index contributed by atoms with van der Waals surface area (Å²) in [5.74, 6) is 0.118. The summed E-state index contributed by atoms with van der Waals surface area (Å²) in [4.78, 5) is 14.1. The summed E-state index contributed by atoms with van der Waals surface area (Å²) >= 11 is 0. The Balaban J connectivity index is 0.00000200. The van der Waals surface area contributed by atoms with Crippen LogP contribution >= 0.6 is 12.4 Å². The summed E-state index contributed by atoms with van der Waals surface area (Å²) in [6.45, 7) is 7.69. The van der Waals surface area contributed by atoms with E-state index in [1.54, 1.807) is 0 Å². The molecule has 1 unspecified atom stereocenters. The molecule has 0 aromatic heterocycles. The van der Waals surface area contributed by atoms with Crippen molar-refractivity contribution in [2.24, 2.45) is 0 Å². The van der Waals surface area contributed by atoms with Crippen molar-refractivity contribution < 1.29 is 9.53 Å². The van der Waals surface area contributed by atoms with E-state index in [-0.39, 0.29) is 30.0 Å². The lowest BCUT2D eigenvalue weighted by molar-refractivity contribution is -0.156. The highest BCUT2D eigenvalue weighted by atomic mass is 35.5. The molecule has 0 bridgehead atoms. The summed E-state index contributed by atoms with van der Waals surface area (Å²) < 4.78 is 5.80. The van der Waals surface area contributed by atoms with Crippen LogP contribution < -0.4 is 5.32 Å². The van der Waals surface area contributed by atoms with Crippen LogP contribution in [-0.4, -0.2) is 42.1 Å². The van der Waals surface area contributed by atoms with Crippen LogP contribution in [0.1, 0.15) is 20.8 Å². The molecule has 5 heteroatoms. The van der Waals surface area contributed by atoms with Gasteiger partial charge in [0.2, 0.25) is 5.91 Å². The van der Waals surface area contributed by atoms with Crippen LogP contribution in [-0.2, 0) is 9.53 Å². The molecule has 0 spiro atoms. The molecular weight excluding hydrogens is 276 g/mol. The van der Waals surface area contributed by atoms with Gasteiger partial charge in [0.1, 0.15) is 0 Å². The normalized spacial score (nSPS) is 20.9. The van der Waals surface area contributed by atoms with Gasteiger partial charge < -0.3 is 15.0 Å². The molecule has 1 saturated heterocycles. The Labute approximate surface area is 126 Å². The molecule has 1 atom stereocenters. The van der Waals surface area contributed by atoms with Gasteiger partial charge in [-0.15, -0.1) is 12.4 Å². The number of hydrogen-bond donors (Lipinski definition) is 1. The second-order valence-electron chi connectivity index (χ2n) is 5.68. The first-order chi connectivity index (χ1) is 8.96. The monoisotopic (exact) mass is 298 g/mol. The minimum Gasteiger partial charge on any atom is -0.376 e. The fourth-order valence-corrected chi connectivity index (χ4v) is 2.49. The fraction of sp³-hybridized carbons (Fsp3) is 0.533.